The molecule has 1 aliphatic carbocycles. The van der Waals surface area contributed by atoms with Crippen LogP contribution in [0.2, 0.25) is 0 Å². The standard InChI is InChI=1S/C15H23ClN2/c1-12-5-4-8-18-15(12)11-17-10-14-7-3-2-6-13(14)9-16/h4-5,8,13-14,17H,2-3,6-7,9-11H2,1H3. The van der Waals surface area contributed by atoms with Crippen molar-refractivity contribution in [3.8, 4) is 0 Å². The fraction of sp³-hybridized carbons (Fsp3) is 0.667. The number of pyridine rings is 1. The molecule has 3 heteroatoms. The summed E-state index contributed by atoms with van der Waals surface area (Å²) >= 11 is 6.06. The van der Waals surface area contributed by atoms with Crippen molar-refractivity contribution in [2.24, 2.45) is 11.8 Å². The van der Waals surface area contributed by atoms with E-state index in [2.05, 4.69) is 23.3 Å². The van der Waals surface area contributed by atoms with Crippen molar-refractivity contribution in [2.45, 2.75) is 39.2 Å². The fourth-order valence-electron chi connectivity index (χ4n) is 2.84. The molecule has 2 unspecified atom stereocenters. The maximum absolute atomic E-state index is 6.06. The Morgan fingerprint density at radius 1 is 1.33 bits per heavy atom. The van der Waals surface area contributed by atoms with Crippen LogP contribution in [0.1, 0.15) is 36.9 Å². The van der Waals surface area contributed by atoms with Gasteiger partial charge in [0.2, 0.25) is 0 Å². The maximum atomic E-state index is 6.06. The van der Waals surface area contributed by atoms with E-state index in [1.165, 1.54) is 31.2 Å². The normalized spacial score (nSPS) is 24.1. The van der Waals surface area contributed by atoms with E-state index < -0.39 is 0 Å². The highest BCUT2D eigenvalue weighted by Gasteiger charge is 2.23. The van der Waals surface area contributed by atoms with Gasteiger partial charge in [-0.3, -0.25) is 4.98 Å². The van der Waals surface area contributed by atoms with Gasteiger partial charge in [-0.15, -0.1) is 11.6 Å². The lowest BCUT2D eigenvalue weighted by atomic mass is 9.80. The van der Waals surface area contributed by atoms with Gasteiger partial charge in [-0.1, -0.05) is 18.9 Å². The van der Waals surface area contributed by atoms with Crippen LogP contribution in [-0.2, 0) is 6.54 Å². The van der Waals surface area contributed by atoms with Crippen LogP contribution in [0.5, 0.6) is 0 Å². The molecular formula is C15H23ClN2. The Bertz CT molecular complexity index is 367. The Morgan fingerprint density at radius 3 is 2.83 bits per heavy atom. The topological polar surface area (TPSA) is 24.9 Å². The van der Waals surface area contributed by atoms with Crippen molar-refractivity contribution >= 4 is 11.6 Å². The summed E-state index contributed by atoms with van der Waals surface area (Å²) in [6.07, 6.45) is 7.21. The second-order valence-electron chi connectivity index (χ2n) is 5.36. The predicted molar refractivity (Wildman–Crippen MR) is 76.8 cm³/mol. The zero-order chi connectivity index (χ0) is 12.8. The first-order valence-electron chi connectivity index (χ1n) is 6.98. The van der Waals surface area contributed by atoms with Crippen molar-refractivity contribution in [2.75, 3.05) is 12.4 Å². The Hall–Kier alpha value is -0.600. The van der Waals surface area contributed by atoms with Crippen molar-refractivity contribution in [1.82, 2.24) is 10.3 Å². The minimum atomic E-state index is 0.706. The van der Waals surface area contributed by atoms with Gasteiger partial charge in [-0.2, -0.15) is 0 Å². The summed E-state index contributed by atoms with van der Waals surface area (Å²) in [5.74, 6) is 2.27. The number of halogens is 1. The van der Waals surface area contributed by atoms with E-state index in [1.54, 1.807) is 0 Å². The van der Waals surface area contributed by atoms with E-state index in [9.17, 15) is 0 Å². The van der Waals surface area contributed by atoms with Crippen LogP contribution >= 0.6 is 11.6 Å². The molecule has 1 fully saturated rings. The lowest BCUT2D eigenvalue weighted by Crippen LogP contribution is -2.31. The molecule has 1 aliphatic rings. The number of rotatable bonds is 5. The van der Waals surface area contributed by atoms with Gasteiger partial charge in [0.05, 0.1) is 5.69 Å². The van der Waals surface area contributed by atoms with Crippen LogP contribution < -0.4 is 5.32 Å². The van der Waals surface area contributed by atoms with Crippen molar-refractivity contribution in [1.29, 1.82) is 0 Å². The minimum Gasteiger partial charge on any atom is -0.311 e. The van der Waals surface area contributed by atoms with Gasteiger partial charge in [0.1, 0.15) is 0 Å². The zero-order valence-corrected chi connectivity index (χ0v) is 11.9. The highest BCUT2D eigenvalue weighted by atomic mass is 35.5. The number of alkyl halides is 1. The molecule has 1 aromatic heterocycles. The predicted octanol–water partition coefficient (Wildman–Crippen LogP) is 3.52. The number of aryl methyl sites for hydroxylation is 1. The van der Waals surface area contributed by atoms with Gasteiger partial charge in [0.15, 0.2) is 0 Å². The Balaban J connectivity index is 1.79. The smallest absolute Gasteiger partial charge is 0.0570 e. The minimum absolute atomic E-state index is 0.706. The van der Waals surface area contributed by atoms with E-state index in [1.807, 2.05) is 12.3 Å². The van der Waals surface area contributed by atoms with Crippen LogP contribution in [-0.4, -0.2) is 17.4 Å². The van der Waals surface area contributed by atoms with E-state index in [4.69, 9.17) is 11.6 Å². The quantitative estimate of drug-likeness (QED) is 0.825. The van der Waals surface area contributed by atoms with Crippen LogP contribution in [0, 0.1) is 18.8 Å². The summed E-state index contributed by atoms with van der Waals surface area (Å²) in [7, 11) is 0. The van der Waals surface area contributed by atoms with Crippen molar-refractivity contribution < 1.29 is 0 Å². The zero-order valence-electron chi connectivity index (χ0n) is 11.2. The molecule has 0 aromatic carbocycles. The first kappa shape index (κ1) is 13.8. The van der Waals surface area contributed by atoms with E-state index in [0.717, 1.165) is 30.6 Å². The summed E-state index contributed by atoms with van der Waals surface area (Å²) in [6, 6.07) is 4.11. The second-order valence-corrected chi connectivity index (χ2v) is 5.67. The summed E-state index contributed by atoms with van der Waals surface area (Å²) in [5.41, 5.74) is 2.43. The van der Waals surface area contributed by atoms with Crippen LogP contribution in [0.4, 0.5) is 0 Å². The van der Waals surface area contributed by atoms with Gasteiger partial charge >= 0.3 is 0 Å². The third-order valence-electron chi connectivity index (χ3n) is 4.08. The van der Waals surface area contributed by atoms with Crippen LogP contribution in [0.15, 0.2) is 18.3 Å². The molecule has 18 heavy (non-hydrogen) atoms. The SMILES string of the molecule is Cc1cccnc1CNCC1CCCCC1CCl. The monoisotopic (exact) mass is 266 g/mol. The van der Waals surface area contributed by atoms with Gasteiger partial charge in [0, 0.05) is 18.6 Å². The average Bonchev–Trinajstić information content (AvgIpc) is 2.41. The molecule has 0 amide bonds. The largest absolute Gasteiger partial charge is 0.311 e. The number of aromatic nitrogens is 1. The molecule has 2 atom stereocenters. The number of nitrogens with zero attached hydrogens (tertiary/aromatic N) is 1. The second kappa shape index (κ2) is 7.10. The maximum Gasteiger partial charge on any atom is 0.0570 e. The molecule has 0 radical (unpaired) electrons. The van der Waals surface area contributed by atoms with Crippen molar-refractivity contribution in [3.63, 3.8) is 0 Å². The average molecular weight is 267 g/mol. The molecule has 1 N–H and O–H groups in total. The summed E-state index contributed by atoms with van der Waals surface area (Å²) < 4.78 is 0. The van der Waals surface area contributed by atoms with Gasteiger partial charge in [-0.05, 0) is 49.8 Å². The molecule has 0 aliphatic heterocycles. The molecule has 2 rings (SSSR count). The molecule has 1 heterocycles. The van der Waals surface area contributed by atoms with E-state index in [0.29, 0.717) is 5.92 Å². The van der Waals surface area contributed by atoms with E-state index >= 15 is 0 Å². The molecule has 2 nitrogen and oxygen atoms in total. The lowest BCUT2D eigenvalue weighted by Gasteiger charge is -2.30. The molecule has 100 valence electrons. The lowest BCUT2D eigenvalue weighted by molar-refractivity contribution is 0.250. The van der Waals surface area contributed by atoms with E-state index in [-0.39, 0.29) is 0 Å². The Labute approximate surface area is 115 Å². The molecule has 0 spiro atoms. The highest BCUT2D eigenvalue weighted by molar-refractivity contribution is 6.18. The Kier molecular flexibility index (Phi) is 5.45. The van der Waals surface area contributed by atoms with Crippen molar-refractivity contribution in [3.05, 3.63) is 29.6 Å². The number of nitrogens with one attached hydrogen (secondary N) is 1. The third kappa shape index (κ3) is 3.69. The first-order valence-corrected chi connectivity index (χ1v) is 7.52. The summed E-state index contributed by atoms with van der Waals surface area (Å²) in [5, 5.41) is 3.56. The fourth-order valence-corrected chi connectivity index (χ4v) is 3.24. The number of hydrogen-bond donors (Lipinski definition) is 1. The highest BCUT2D eigenvalue weighted by Crippen LogP contribution is 2.30. The number of hydrogen-bond acceptors (Lipinski definition) is 2. The Morgan fingerprint density at radius 2 is 2.11 bits per heavy atom. The summed E-state index contributed by atoms with van der Waals surface area (Å²) in [6.45, 7) is 4.07. The van der Waals surface area contributed by atoms with Crippen LogP contribution in [0.3, 0.4) is 0 Å². The molecular weight excluding hydrogens is 244 g/mol. The molecule has 1 saturated carbocycles. The van der Waals surface area contributed by atoms with Gasteiger partial charge in [0.25, 0.3) is 0 Å². The molecule has 0 bridgehead atoms. The van der Waals surface area contributed by atoms with Gasteiger partial charge < -0.3 is 5.32 Å². The first-order chi connectivity index (χ1) is 8.81. The summed E-state index contributed by atoms with van der Waals surface area (Å²) in [4.78, 5) is 4.41. The molecule has 1 aromatic rings. The van der Waals surface area contributed by atoms with Gasteiger partial charge in [-0.25, -0.2) is 0 Å². The van der Waals surface area contributed by atoms with Crippen LogP contribution in [0.25, 0.3) is 0 Å². The third-order valence-corrected chi connectivity index (χ3v) is 4.48. The molecule has 0 saturated heterocycles.